The Bertz CT molecular complexity index is 783. The lowest BCUT2D eigenvalue weighted by Gasteiger charge is -2.06. The van der Waals surface area contributed by atoms with Gasteiger partial charge in [-0.3, -0.25) is 0 Å². The number of esters is 1. The van der Waals surface area contributed by atoms with Crippen LogP contribution in [0.25, 0.3) is 0 Å². The van der Waals surface area contributed by atoms with Crippen LogP contribution in [-0.2, 0) is 14.6 Å². The van der Waals surface area contributed by atoms with E-state index in [9.17, 15) is 13.2 Å². The fourth-order valence-corrected chi connectivity index (χ4v) is 2.68. The molecule has 1 rings (SSSR count). The molecule has 0 radical (unpaired) electrons. The first-order valence-corrected chi connectivity index (χ1v) is 7.81. The summed E-state index contributed by atoms with van der Waals surface area (Å²) in [6, 6.07) is 5.80. The second-order valence-electron chi connectivity index (χ2n) is 3.88. The van der Waals surface area contributed by atoms with E-state index in [-0.39, 0.29) is 17.1 Å². The van der Waals surface area contributed by atoms with Crippen LogP contribution in [0.15, 0.2) is 41.3 Å². The van der Waals surface area contributed by atoms with Crippen LogP contribution in [0.2, 0.25) is 0 Å². The number of aliphatic hydroxyl groups excluding tert-OH is 1. The van der Waals surface area contributed by atoms with E-state index < -0.39 is 21.6 Å². The third kappa shape index (κ3) is 5.10. The zero-order valence-corrected chi connectivity index (χ0v) is 12.7. The summed E-state index contributed by atoms with van der Waals surface area (Å²) in [7, 11) is -2.54. The van der Waals surface area contributed by atoms with Crippen molar-refractivity contribution in [2.45, 2.75) is 4.90 Å². The molecule has 1 aromatic carbocycles. The molecular weight excluding hydrogens is 304 g/mol. The summed E-state index contributed by atoms with van der Waals surface area (Å²) in [5.74, 6) is 8.74. The Morgan fingerprint density at radius 2 is 1.86 bits per heavy atom. The maximum atomic E-state index is 12.2. The number of hydrogen-bond donors (Lipinski definition) is 1. The van der Waals surface area contributed by atoms with Gasteiger partial charge in [-0.05, 0) is 24.3 Å². The van der Waals surface area contributed by atoms with E-state index in [2.05, 4.69) is 28.4 Å². The Kier molecular flexibility index (Phi) is 6.91. The Morgan fingerprint density at radius 1 is 1.23 bits per heavy atom. The van der Waals surface area contributed by atoms with Crippen molar-refractivity contribution in [1.29, 1.82) is 0 Å². The third-order valence-electron chi connectivity index (χ3n) is 2.42. The van der Waals surface area contributed by atoms with E-state index in [0.717, 1.165) is 0 Å². The molecule has 0 spiro atoms. The number of carbonyl (C=O) groups excluding carboxylic acids is 1. The van der Waals surface area contributed by atoms with Crippen molar-refractivity contribution in [3.63, 3.8) is 0 Å². The number of aliphatic hydroxyl groups is 1. The standard InChI is InChI=1S/C16H14O5S/c1-21-16(18)14-10-6-7-11-15(14)22(19,20)13-9-5-3-2-4-8-12-17/h2-3,6-7,10-11,17H,12-13H2,1H3/b3-2-. The first-order chi connectivity index (χ1) is 10.5. The van der Waals surface area contributed by atoms with Crippen molar-refractivity contribution >= 4 is 15.8 Å². The lowest BCUT2D eigenvalue weighted by Crippen LogP contribution is -2.12. The molecule has 0 bridgehead atoms. The number of hydrogen-bond acceptors (Lipinski definition) is 5. The van der Waals surface area contributed by atoms with Gasteiger partial charge >= 0.3 is 5.97 Å². The average Bonchev–Trinajstić information content (AvgIpc) is 2.53. The molecule has 0 aliphatic carbocycles. The van der Waals surface area contributed by atoms with Crippen molar-refractivity contribution in [1.82, 2.24) is 0 Å². The highest BCUT2D eigenvalue weighted by Gasteiger charge is 2.21. The summed E-state index contributed by atoms with van der Waals surface area (Å²) in [5.41, 5.74) is -0.0174. The summed E-state index contributed by atoms with van der Waals surface area (Å²) in [4.78, 5) is 11.5. The molecule has 0 atom stereocenters. The molecule has 0 heterocycles. The maximum absolute atomic E-state index is 12.2. The van der Waals surface area contributed by atoms with E-state index in [0.29, 0.717) is 0 Å². The van der Waals surface area contributed by atoms with Gasteiger partial charge in [0.1, 0.15) is 12.4 Å². The minimum absolute atomic E-state index is 0.0174. The molecule has 6 heteroatoms. The fourth-order valence-electron chi connectivity index (χ4n) is 1.48. The number of rotatable bonds is 3. The molecule has 1 N–H and O–H groups in total. The van der Waals surface area contributed by atoms with Crippen molar-refractivity contribution in [2.75, 3.05) is 19.5 Å². The minimum atomic E-state index is -3.73. The predicted molar refractivity (Wildman–Crippen MR) is 81.6 cm³/mol. The van der Waals surface area contributed by atoms with E-state index in [1.54, 1.807) is 6.07 Å². The van der Waals surface area contributed by atoms with Crippen molar-refractivity contribution in [3.8, 4) is 23.7 Å². The highest BCUT2D eigenvalue weighted by atomic mass is 32.2. The van der Waals surface area contributed by atoms with Crippen molar-refractivity contribution in [3.05, 3.63) is 42.0 Å². The van der Waals surface area contributed by atoms with E-state index in [1.807, 2.05) is 0 Å². The molecule has 0 fully saturated rings. The van der Waals surface area contributed by atoms with Gasteiger partial charge in [0.05, 0.1) is 17.6 Å². The number of allylic oxidation sites excluding steroid dienone is 2. The van der Waals surface area contributed by atoms with Gasteiger partial charge in [-0.25, -0.2) is 13.2 Å². The summed E-state index contributed by atoms with van der Waals surface area (Å²) < 4.78 is 29.0. The number of sulfone groups is 1. The molecule has 22 heavy (non-hydrogen) atoms. The third-order valence-corrected chi connectivity index (χ3v) is 3.97. The molecule has 1 aromatic rings. The van der Waals surface area contributed by atoms with Crippen LogP contribution in [0.3, 0.4) is 0 Å². The van der Waals surface area contributed by atoms with Crippen LogP contribution >= 0.6 is 0 Å². The summed E-state index contributed by atoms with van der Waals surface area (Å²) >= 11 is 0. The zero-order chi connectivity index (χ0) is 16.4. The van der Waals surface area contributed by atoms with Gasteiger partial charge in [0, 0.05) is 0 Å². The average molecular weight is 318 g/mol. The Balaban J connectivity index is 2.95. The molecule has 0 aromatic heterocycles. The summed E-state index contributed by atoms with van der Waals surface area (Å²) in [5, 5.41) is 8.43. The molecule has 0 saturated carbocycles. The Labute approximate surface area is 129 Å². The Morgan fingerprint density at radius 3 is 2.50 bits per heavy atom. The quantitative estimate of drug-likeness (QED) is 0.659. The number of methoxy groups -OCH3 is 1. The fraction of sp³-hybridized carbons (Fsp3) is 0.188. The lowest BCUT2D eigenvalue weighted by molar-refractivity contribution is 0.0596. The van der Waals surface area contributed by atoms with Crippen LogP contribution in [0.4, 0.5) is 0 Å². The highest BCUT2D eigenvalue weighted by Crippen LogP contribution is 2.17. The summed E-state index contributed by atoms with van der Waals surface area (Å²) in [6.45, 7) is -0.254. The first kappa shape index (κ1) is 17.5. The molecule has 0 amide bonds. The SMILES string of the molecule is COC(=O)c1ccccc1S(=O)(=O)CC#C/C=C\C#CCO. The van der Waals surface area contributed by atoms with E-state index in [4.69, 9.17) is 5.11 Å². The highest BCUT2D eigenvalue weighted by molar-refractivity contribution is 7.91. The van der Waals surface area contributed by atoms with Gasteiger partial charge in [0.15, 0.2) is 9.84 Å². The van der Waals surface area contributed by atoms with Gasteiger partial charge in [-0.1, -0.05) is 35.8 Å². The number of benzene rings is 1. The van der Waals surface area contributed by atoms with Crippen molar-refractivity contribution in [2.24, 2.45) is 0 Å². The Hall–Kier alpha value is -2.54. The van der Waals surface area contributed by atoms with Crippen LogP contribution < -0.4 is 0 Å². The minimum Gasteiger partial charge on any atom is -0.465 e. The second kappa shape index (κ2) is 8.68. The molecular formula is C16H14O5S. The second-order valence-corrected chi connectivity index (χ2v) is 5.84. The maximum Gasteiger partial charge on any atom is 0.339 e. The topological polar surface area (TPSA) is 80.7 Å². The van der Waals surface area contributed by atoms with E-state index in [1.165, 1.54) is 37.5 Å². The van der Waals surface area contributed by atoms with Gasteiger partial charge in [-0.2, -0.15) is 0 Å². The smallest absolute Gasteiger partial charge is 0.339 e. The molecule has 0 aliphatic heterocycles. The van der Waals surface area contributed by atoms with Gasteiger partial charge < -0.3 is 9.84 Å². The van der Waals surface area contributed by atoms with Crippen LogP contribution in [0.5, 0.6) is 0 Å². The summed E-state index contributed by atoms with van der Waals surface area (Å²) in [6.07, 6.45) is 2.78. The predicted octanol–water partition coefficient (Wildman–Crippen LogP) is 0.802. The van der Waals surface area contributed by atoms with Gasteiger partial charge in [-0.15, -0.1) is 0 Å². The monoisotopic (exact) mass is 318 g/mol. The molecule has 5 nitrogen and oxygen atoms in total. The number of ether oxygens (including phenoxy) is 1. The molecule has 0 saturated heterocycles. The number of carbonyl (C=O) groups is 1. The first-order valence-electron chi connectivity index (χ1n) is 6.15. The van der Waals surface area contributed by atoms with Crippen LogP contribution in [0, 0.1) is 23.7 Å². The largest absolute Gasteiger partial charge is 0.465 e. The van der Waals surface area contributed by atoms with Crippen molar-refractivity contribution < 1.29 is 23.1 Å². The van der Waals surface area contributed by atoms with E-state index >= 15 is 0 Å². The van der Waals surface area contributed by atoms with Gasteiger partial charge in [0.25, 0.3) is 0 Å². The van der Waals surface area contributed by atoms with Gasteiger partial charge in [0.2, 0.25) is 0 Å². The molecule has 0 unspecified atom stereocenters. The molecule has 0 aliphatic rings. The van der Waals surface area contributed by atoms with Crippen LogP contribution in [0.1, 0.15) is 10.4 Å². The van der Waals surface area contributed by atoms with Crippen LogP contribution in [-0.4, -0.2) is 39.0 Å². The normalized spacial score (nSPS) is 10.3. The zero-order valence-electron chi connectivity index (χ0n) is 11.9. The lowest BCUT2D eigenvalue weighted by atomic mass is 10.2. The molecule has 114 valence electrons.